The Hall–Kier alpha value is -2.54. The minimum Gasteiger partial charge on any atom is -0.497 e. The molecule has 0 fully saturated rings. The Morgan fingerprint density at radius 2 is 2.10 bits per heavy atom. The maximum absolute atomic E-state index is 12.3. The van der Waals surface area contributed by atoms with Crippen LogP contribution in [0.1, 0.15) is 12.5 Å². The van der Waals surface area contributed by atoms with Crippen molar-refractivity contribution in [3.63, 3.8) is 0 Å². The van der Waals surface area contributed by atoms with Crippen LogP contribution in [0.4, 0.5) is 0 Å². The van der Waals surface area contributed by atoms with Crippen LogP contribution >= 0.6 is 0 Å². The highest BCUT2D eigenvalue weighted by molar-refractivity contribution is 5.62. The van der Waals surface area contributed by atoms with Crippen LogP contribution in [-0.4, -0.2) is 11.7 Å². The van der Waals surface area contributed by atoms with Gasteiger partial charge in [0, 0.05) is 17.7 Å². The molecule has 2 rings (SSSR count). The Morgan fingerprint density at radius 1 is 1.30 bits per heavy atom. The molecule has 0 N–H and O–H groups in total. The van der Waals surface area contributed by atoms with Gasteiger partial charge in [-0.1, -0.05) is 18.2 Å². The molecule has 0 amide bonds. The molecule has 0 radical (unpaired) electrons. The lowest BCUT2D eigenvalue weighted by Crippen LogP contribution is -2.24. The molecule has 0 aliphatic rings. The molecule has 1 aromatic heterocycles. The molecular formula is C16H16N2O2. The van der Waals surface area contributed by atoms with Gasteiger partial charge >= 0.3 is 0 Å². The van der Waals surface area contributed by atoms with Crippen LogP contribution in [0.15, 0.2) is 41.2 Å². The predicted molar refractivity (Wildman–Crippen MR) is 77.7 cm³/mol. The second-order valence-electron chi connectivity index (χ2n) is 4.36. The lowest BCUT2D eigenvalue weighted by molar-refractivity contribution is 0.415. The van der Waals surface area contributed by atoms with Crippen molar-refractivity contribution in [2.24, 2.45) is 0 Å². The minimum atomic E-state index is -0.102. The fourth-order valence-corrected chi connectivity index (χ4v) is 2.19. The number of pyridine rings is 1. The van der Waals surface area contributed by atoms with Gasteiger partial charge in [-0.3, -0.25) is 4.79 Å². The monoisotopic (exact) mass is 268 g/mol. The van der Waals surface area contributed by atoms with E-state index in [2.05, 4.69) is 0 Å². The molecule has 0 atom stereocenters. The topological polar surface area (TPSA) is 55.0 Å². The number of benzene rings is 1. The Kier molecular flexibility index (Phi) is 4.21. The summed E-state index contributed by atoms with van der Waals surface area (Å²) in [4.78, 5) is 12.3. The molecule has 0 aliphatic heterocycles. The van der Waals surface area contributed by atoms with Crippen molar-refractivity contribution >= 4 is 0 Å². The maximum atomic E-state index is 12.3. The van der Waals surface area contributed by atoms with E-state index >= 15 is 0 Å². The number of ether oxygens (including phenoxy) is 1. The van der Waals surface area contributed by atoms with Gasteiger partial charge in [0.05, 0.1) is 25.3 Å². The van der Waals surface area contributed by atoms with Crippen molar-refractivity contribution in [3.8, 4) is 23.1 Å². The Balaban J connectivity index is 2.60. The molecule has 0 saturated heterocycles. The third-order valence-electron chi connectivity index (χ3n) is 3.20. The van der Waals surface area contributed by atoms with Crippen LogP contribution in [0.5, 0.6) is 5.75 Å². The Morgan fingerprint density at radius 3 is 2.75 bits per heavy atom. The first-order valence-electron chi connectivity index (χ1n) is 6.45. The number of nitriles is 1. The summed E-state index contributed by atoms with van der Waals surface area (Å²) in [6.07, 6.45) is 0.136. The van der Waals surface area contributed by atoms with Crippen molar-refractivity contribution in [1.82, 2.24) is 4.57 Å². The van der Waals surface area contributed by atoms with Gasteiger partial charge < -0.3 is 9.30 Å². The van der Waals surface area contributed by atoms with E-state index < -0.39 is 0 Å². The number of hydrogen-bond donors (Lipinski definition) is 0. The van der Waals surface area contributed by atoms with Crippen LogP contribution in [0.25, 0.3) is 11.3 Å². The van der Waals surface area contributed by atoms with Crippen molar-refractivity contribution < 1.29 is 4.74 Å². The molecule has 102 valence electrons. The molecule has 2 aromatic rings. The number of nitrogens with zero attached hydrogens (tertiary/aromatic N) is 2. The summed E-state index contributed by atoms with van der Waals surface area (Å²) in [5, 5.41) is 8.75. The van der Waals surface area contributed by atoms with Crippen LogP contribution in [-0.2, 0) is 13.0 Å². The lowest BCUT2D eigenvalue weighted by Gasteiger charge is -2.13. The molecule has 1 heterocycles. The summed E-state index contributed by atoms with van der Waals surface area (Å²) in [6, 6.07) is 13.2. The van der Waals surface area contributed by atoms with Gasteiger partial charge in [0.25, 0.3) is 5.56 Å². The SMILES string of the molecule is CCn1c(-c2cccc(OC)c2)ccc(CC#N)c1=O. The molecule has 0 saturated carbocycles. The zero-order valence-electron chi connectivity index (χ0n) is 11.6. The Bertz CT molecular complexity index is 711. The van der Waals surface area contributed by atoms with Gasteiger partial charge in [0.15, 0.2) is 0 Å². The van der Waals surface area contributed by atoms with Crippen molar-refractivity contribution in [2.45, 2.75) is 19.9 Å². The quantitative estimate of drug-likeness (QED) is 0.856. The predicted octanol–water partition coefficient (Wildman–Crippen LogP) is 2.61. The highest BCUT2D eigenvalue weighted by Crippen LogP contribution is 2.23. The number of methoxy groups -OCH3 is 1. The van der Waals surface area contributed by atoms with E-state index in [1.165, 1.54) is 0 Å². The van der Waals surface area contributed by atoms with Gasteiger partial charge in [-0.25, -0.2) is 0 Å². The van der Waals surface area contributed by atoms with Gasteiger partial charge in [-0.05, 0) is 25.1 Å². The number of rotatable bonds is 4. The second kappa shape index (κ2) is 6.07. The van der Waals surface area contributed by atoms with Crippen molar-refractivity contribution in [1.29, 1.82) is 5.26 Å². The molecule has 0 spiro atoms. The fraction of sp³-hybridized carbons (Fsp3) is 0.250. The number of aromatic nitrogens is 1. The highest BCUT2D eigenvalue weighted by Gasteiger charge is 2.09. The minimum absolute atomic E-state index is 0.102. The van der Waals surface area contributed by atoms with E-state index in [0.717, 1.165) is 17.0 Å². The summed E-state index contributed by atoms with van der Waals surface area (Å²) < 4.78 is 6.89. The maximum Gasteiger partial charge on any atom is 0.255 e. The normalized spacial score (nSPS) is 10.1. The first kappa shape index (κ1) is 13.9. The fourth-order valence-electron chi connectivity index (χ4n) is 2.19. The largest absolute Gasteiger partial charge is 0.497 e. The first-order valence-corrected chi connectivity index (χ1v) is 6.45. The summed E-state index contributed by atoms with van der Waals surface area (Å²) >= 11 is 0. The van der Waals surface area contributed by atoms with Gasteiger partial charge in [0.1, 0.15) is 5.75 Å². The van der Waals surface area contributed by atoms with E-state index in [1.807, 2.05) is 43.3 Å². The summed E-state index contributed by atoms with van der Waals surface area (Å²) in [6.45, 7) is 2.48. The van der Waals surface area contributed by atoms with E-state index in [4.69, 9.17) is 10.00 Å². The van der Waals surface area contributed by atoms with Crippen LogP contribution < -0.4 is 10.3 Å². The molecule has 20 heavy (non-hydrogen) atoms. The molecule has 1 aromatic carbocycles. The van der Waals surface area contributed by atoms with Crippen LogP contribution in [0, 0.1) is 11.3 Å². The smallest absolute Gasteiger partial charge is 0.255 e. The molecule has 0 aliphatic carbocycles. The molecular weight excluding hydrogens is 252 g/mol. The standard InChI is InChI=1S/C16H16N2O2/c1-3-18-15(8-7-12(9-10-17)16(18)19)13-5-4-6-14(11-13)20-2/h4-8,11H,3,9H2,1-2H3. The van der Waals surface area contributed by atoms with Crippen molar-refractivity contribution in [3.05, 3.63) is 52.3 Å². The zero-order chi connectivity index (χ0) is 14.5. The lowest BCUT2D eigenvalue weighted by atomic mass is 10.1. The molecule has 4 nitrogen and oxygen atoms in total. The summed E-state index contributed by atoms with van der Waals surface area (Å²) in [5.74, 6) is 0.749. The average Bonchev–Trinajstić information content (AvgIpc) is 2.49. The van der Waals surface area contributed by atoms with Gasteiger partial charge in [-0.2, -0.15) is 5.26 Å². The van der Waals surface area contributed by atoms with Crippen LogP contribution in [0.2, 0.25) is 0 Å². The van der Waals surface area contributed by atoms with Crippen molar-refractivity contribution in [2.75, 3.05) is 7.11 Å². The highest BCUT2D eigenvalue weighted by atomic mass is 16.5. The van der Waals surface area contributed by atoms with Gasteiger partial charge in [0.2, 0.25) is 0 Å². The van der Waals surface area contributed by atoms with Crippen LogP contribution in [0.3, 0.4) is 0 Å². The van der Waals surface area contributed by atoms with E-state index in [9.17, 15) is 4.79 Å². The number of hydrogen-bond acceptors (Lipinski definition) is 3. The zero-order valence-corrected chi connectivity index (χ0v) is 11.6. The van der Waals surface area contributed by atoms with E-state index in [-0.39, 0.29) is 12.0 Å². The molecule has 0 bridgehead atoms. The summed E-state index contributed by atoms with van der Waals surface area (Å²) in [5.41, 5.74) is 2.18. The Labute approximate surface area is 117 Å². The van der Waals surface area contributed by atoms with E-state index in [0.29, 0.717) is 12.1 Å². The van der Waals surface area contributed by atoms with Gasteiger partial charge in [-0.15, -0.1) is 0 Å². The third kappa shape index (κ3) is 2.57. The first-order chi connectivity index (χ1) is 9.71. The third-order valence-corrected chi connectivity index (χ3v) is 3.20. The summed E-state index contributed by atoms with van der Waals surface area (Å²) in [7, 11) is 1.61. The molecule has 0 unspecified atom stereocenters. The molecule has 4 heteroatoms. The van der Waals surface area contributed by atoms with E-state index in [1.54, 1.807) is 17.7 Å². The average molecular weight is 268 g/mol. The second-order valence-corrected chi connectivity index (χ2v) is 4.36.